The minimum atomic E-state index is -2.30. The third kappa shape index (κ3) is 10.6. The molecule has 6 amide bonds. The first kappa shape index (κ1) is 29.7. The van der Waals surface area contributed by atoms with Crippen molar-refractivity contribution in [3.63, 3.8) is 0 Å². The molecule has 17 nitrogen and oxygen atoms in total. The third-order valence-electron chi connectivity index (χ3n) is 4.44. The second-order valence-corrected chi connectivity index (χ2v) is 7.42. The molecule has 0 bridgehead atoms. The number of aliphatic hydroxyl groups is 2. The number of nitrogens with two attached hydrogens (primary N) is 1. The van der Waals surface area contributed by atoms with Crippen LogP contribution in [0.4, 0.5) is 4.79 Å². The van der Waals surface area contributed by atoms with Crippen molar-refractivity contribution in [2.45, 2.75) is 37.2 Å². The van der Waals surface area contributed by atoms with Crippen molar-refractivity contribution < 1.29 is 48.5 Å². The van der Waals surface area contributed by atoms with Crippen LogP contribution in [0.25, 0.3) is 0 Å². The number of carbonyl (C=O) groups excluding carboxylic acids is 6. The minimum Gasteiger partial charge on any atom is -0.394 e. The monoisotopic (exact) mass is 505 g/mol. The van der Waals surface area contributed by atoms with Crippen molar-refractivity contribution in [2.75, 3.05) is 39.6 Å². The second-order valence-electron chi connectivity index (χ2n) is 7.42. The van der Waals surface area contributed by atoms with E-state index in [0.29, 0.717) is 0 Å². The Morgan fingerprint density at radius 2 is 1.86 bits per heavy atom. The number of carbonyl (C=O) groups is 6. The molecule has 0 aliphatic carbocycles. The van der Waals surface area contributed by atoms with Crippen LogP contribution >= 0.6 is 0 Å². The lowest BCUT2D eigenvalue weighted by Gasteiger charge is -2.31. The largest absolute Gasteiger partial charge is 0.394 e. The molecule has 35 heavy (non-hydrogen) atoms. The number of aldehydes is 1. The Morgan fingerprint density at radius 1 is 1.17 bits per heavy atom. The fourth-order valence-corrected chi connectivity index (χ4v) is 2.71. The molecule has 0 radical (unpaired) electrons. The predicted molar refractivity (Wildman–Crippen MR) is 115 cm³/mol. The van der Waals surface area contributed by atoms with E-state index in [-0.39, 0.29) is 32.7 Å². The van der Waals surface area contributed by atoms with E-state index < -0.39 is 73.1 Å². The Kier molecular flexibility index (Phi) is 12.5. The van der Waals surface area contributed by atoms with Crippen LogP contribution in [0.3, 0.4) is 0 Å². The number of hydrazine groups is 1. The van der Waals surface area contributed by atoms with E-state index in [0.717, 1.165) is 0 Å². The number of amides is 6. The Morgan fingerprint density at radius 3 is 2.46 bits per heavy atom. The molecule has 0 aromatic heterocycles. The van der Waals surface area contributed by atoms with E-state index in [2.05, 4.69) is 26.7 Å². The quantitative estimate of drug-likeness (QED) is 0.159. The first-order chi connectivity index (χ1) is 16.5. The fraction of sp³-hybridized carbons (Fsp3) is 0.667. The van der Waals surface area contributed by atoms with Gasteiger partial charge in [0.1, 0.15) is 18.7 Å². The molecular weight excluding hydrogens is 474 g/mol. The smallest absolute Gasteiger partial charge is 0.317 e. The number of urea groups is 1. The van der Waals surface area contributed by atoms with Gasteiger partial charge in [-0.1, -0.05) is 0 Å². The molecule has 0 aromatic carbocycles. The average Bonchev–Trinajstić information content (AvgIpc) is 2.79. The number of aliphatic hydroxyl groups excluding tert-OH is 2. The standard InChI is InChI=1S/C18H31N7O10/c1-10(28)14-16(32)20-2-3-34-4-5-35-8-13(30)21-11(7-26)15(31)24-25-18(9-27,6-12(19)29)23-17(33)22-14/h9-11,14,25-26,28H,2-8H2,1H3,(H2,19,29)(H,20,32)(H,21,30)(H,24,31)(H2,22,23,33)/t10?,11-,14-,18-/m0/s1. The third-order valence-corrected chi connectivity index (χ3v) is 4.44. The van der Waals surface area contributed by atoms with Gasteiger partial charge in [-0.25, -0.2) is 10.2 Å². The van der Waals surface area contributed by atoms with Gasteiger partial charge in [-0.3, -0.25) is 29.4 Å². The summed E-state index contributed by atoms with van der Waals surface area (Å²) in [6.45, 7) is 0.0631. The van der Waals surface area contributed by atoms with Crippen LogP contribution in [0.1, 0.15) is 13.3 Å². The van der Waals surface area contributed by atoms with Crippen molar-refractivity contribution >= 4 is 35.9 Å². The van der Waals surface area contributed by atoms with Gasteiger partial charge in [0.2, 0.25) is 17.7 Å². The van der Waals surface area contributed by atoms with Gasteiger partial charge >= 0.3 is 6.03 Å². The SMILES string of the molecule is CC(O)[C@@H]1NC(=O)N[C@@](C=O)(CC(N)=O)NNC(=O)[C@H](CO)NC(=O)COCCOCCNC1=O. The molecule has 1 fully saturated rings. The summed E-state index contributed by atoms with van der Waals surface area (Å²) in [5, 5.41) is 28.2. The highest BCUT2D eigenvalue weighted by molar-refractivity contribution is 5.91. The Balaban J connectivity index is 3.12. The van der Waals surface area contributed by atoms with Crippen LogP contribution in [-0.4, -0.2) is 110 Å². The van der Waals surface area contributed by atoms with Crippen molar-refractivity contribution in [1.29, 1.82) is 0 Å². The zero-order valence-corrected chi connectivity index (χ0v) is 19.0. The summed E-state index contributed by atoms with van der Waals surface area (Å²) in [5.41, 5.74) is 6.99. The second kappa shape index (κ2) is 14.8. The van der Waals surface area contributed by atoms with Gasteiger partial charge in [0.25, 0.3) is 5.91 Å². The first-order valence-electron chi connectivity index (χ1n) is 10.5. The minimum absolute atomic E-state index is 0.00586. The van der Waals surface area contributed by atoms with Gasteiger partial charge < -0.3 is 46.7 Å². The molecule has 0 saturated carbocycles. The summed E-state index contributed by atoms with van der Waals surface area (Å²) >= 11 is 0. The van der Waals surface area contributed by atoms with E-state index in [1.807, 2.05) is 5.43 Å². The molecule has 4 atom stereocenters. The highest BCUT2D eigenvalue weighted by atomic mass is 16.5. The topological polar surface area (TPSA) is 260 Å². The van der Waals surface area contributed by atoms with Crippen molar-refractivity contribution in [1.82, 2.24) is 32.1 Å². The molecule has 1 aliphatic heterocycles. The summed E-state index contributed by atoms with van der Waals surface area (Å²) in [7, 11) is 0. The van der Waals surface area contributed by atoms with Crippen LogP contribution in [0.2, 0.25) is 0 Å². The summed E-state index contributed by atoms with van der Waals surface area (Å²) in [6.07, 6.45) is -2.16. The van der Waals surface area contributed by atoms with Crippen LogP contribution in [0.15, 0.2) is 0 Å². The molecule has 1 saturated heterocycles. The predicted octanol–water partition coefficient (Wildman–Crippen LogP) is -5.93. The highest BCUT2D eigenvalue weighted by Gasteiger charge is 2.36. The number of ether oxygens (including phenoxy) is 2. The average molecular weight is 505 g/mol. The van der Waals surface area contributed by atoms with Crippen molar-refractivity contribution in [2.24, 2.45) is 5.73 Å². The van der Waals surface area contributed by atoms with E-state index in [4.69, 9.17) is 15.2 Å². The molecule has 1 unspecified atom stereocenters. The summed E-state index contributed by atoms with van der Waals surface area (Å²) in [5.74, 6) is -3.64. The zero-order valence-electron chi connectivity index (χ0n) is 19.0. The zero-order chi connectivity index (χ0) is 26.4. The highest BCUT2D eigenvalue weighted by Crippen LogP contribution is 2.03. The lowest BCUT2D eigenvalue weighted by molar-refractivity contribution is -0.134. The summed E-state index contributed by atoms with van der Waals surface area (Å²) in [6, 6.07) is -4.14. The van der Waals surface area contributed by atoms with Gasteiger partial charge in [-0.05, 0) is 6.92 Å². The van der Waals surface area contributed by atoms with Gasteiger partial charge in [0, 0.05) is 6.54 Å². The summed E-state index contributed by atoms with van der Waals surface area (Å²) in [4.78, 5) is 72.5. The number of nitrogens with one attached hydrogen (secondary N) is 6. The maximum Gasteiger partial charge on any atom is 0.317 e. The van der Waals surface area contributed by atoms with Gasteiger partial charge in [0.05, 0.1) is 39.0 Å². The normalized spacial score (nSPS) is 27.2. The molecule has 1 rings (SSSR count). The molecule has 0 aromatic rings. The van der Waals surface area contributed by atoms with Gasteiger partial charge in [0.15, 0.2) is 11.9 Å². The number of rotatable bonds is 5. The lowest BCUT2D eigenvalue weighted by Crippen LogP contribution is -2.70. The Bertz CT molecular complexity index is 781. The molecule has 17 heteroatoms. The van der Waals surface area contributed by atoms with Crippen LogP contribution in [0, 0.1) is 0 Å². The molecule has 1 aliphatic rings. The number of hydrogen-bond donors (Lipinski definition) is 9. The van der Waals surface area contributed by atoms with Gasteiger partial charge in [-0.2, -0.15) is 0 Å². The summed E-state index contributed by atoms with van der Waals surface area (Å²) < 4.78 is 10.3. The van der Waals surface area contributed by atoms with Crippen molar-refractivity contribution in [3.05, 3.63) is 0 Å². The van der Waals surface area contributed by atoms with Crippen molar-refractivity contribution in [3.8, 4) is 0 Å². The fourth-order valence-electron chi connectivity index (χ4n) is 2.71. The maximum atomic E-state index is 12.5. The Labute approximate surface area is 199 Å². The van der Waals surface area contributed by atoms with Gasteiger partial charge in [-0.15, -0.1) is 0 Å². The van der Waals surface area contributed by atoms with E-state index in [1.54, 1.807) is 0 Å². The molecule has 1 heterocycles. The maximum absolute atomic E-state index is 12.5. The molecule has 198 valence electrons. The number of hydrogen-bond acceptors (Lipinski definition) is 11. The van der Waals surface area contributed by atoms with Crippen LogP contribution in [-0.2, 0) is 33.4 Å². The van der Waals surface area contributed by atoms with E-state index in [9.17, 15) is 39.0 Å². The van der Waals surface area contributed by atoms with E-state index >= 15 is 0 Å². The molecule has 10 N–H and O–H groups in total. The Hall–Kier alpha value is -3.38. The van der Waals surface area contributed by atoms with Crippen LogP contribution < -0.4 is 37.9 Å². The molecular formula is C18H31N7O10. The molecule has 0 spiro atoms. The lowest BCUT2D eigenvalue weighted by atomic mass is 10.1. The van der Waals surface area contributed by atoms with E-state index in [1.165, 1.54) is 6.92 Å². The number of primary amides is 1. The first-order valence-corrected chi connectivity index (χ1v) is 10.5. The van der Waals surface area contributed by atoms with Crippen LogP contribution in [0.5, 0.6) is 0 Å².